The Morgan fingerprint density at radius 2 is 1.81 bits per heavy atom. The van der Waals surface area contributed by atoms with E-state index in [1.807, 2.05) is 6.92 Å². The summed E-state index contributed by atoms with van der Waals surface area (Å²) in [4.78, 5) is 1.77. The Morgan fingerprint density at radius 1 is 1.12 bits per heavy atom. The zero-order valence-corrected chi connectivity index (χ0v) is 14.8. The lowest BCUT2D eigenvalue weighted by molar-refractivity contribution is -0.137. The topological polar surface area (TPSA) is 46.6 Å². The fraction of sp³-hybridized carbons (Fsp3) is 0.333. The number of benzene rings is 2. The second kappa shape index (κ2) is 6.92. The monoisotopic (exact) mass is 385 g/mol. The van der Waals surface area contributed by atoms with E-state index in [2.05, 4.69) is 0 Å². The van der Waals surface area contributed by atoms with Crippen LogP contribution >= 0.6 is 0 Å². The van der Waals surface area contributed by atoms with Crippen molar-refractivity contribution in [1.29, 1.82) is 0 Å². The molecule has 140 valence electrons. The molecule has 1 atom stereocenters. The summed E-state index contributed by atoms with van der Waals surface area (Å²) in [7, 11) is -3.90. The number of rotatable bonds is 4. The summed E-state index contributed by atoms with van der Waals surface area (Å²) in [6.45, 7) is 2.49. The maximum absolute atomic E-state index is 12.8. The number of alkyl halides is 3. The second-order valence-electron chi connectivity index (χ2n) is 6.27. The average Bonchev–Trinajstić information content (AvgIpc) is 3.02. The van der Waals surface area contributed by atoms with Crippen LogP contribution in [0.4, 0.5) is 18.9 Å². The van der Waals surface area contributed by atoms with Crippen molar-refractivity contribution < 1.29 is 25.8 Å². The first kappa shape index (κ1) is 18.7. The standard InChI is InChI=1S/C18H18F3NO3S/c1-13-5-7-17(8-6-13)26(23,24)25-16-9-10-22(12-16)15-4-2-3-14(11-15)18(19,20)21/h2-8,11,16H,9-10,12H2,1H3. The van der Waals surface area contributed by atoms with Gasteiger partial charge in [0.05, 0.1) is 16.6 Å². The van der Waals surface area contributed by atoms with Crippen LogP contribution in [-0.2, 0) is 20.5 Å². The van der Waals surface area contributed by atoms with Crippen molar-refractivity contribution in [2.24, 2.45) is 0 Å². The second-order valence-corrected chi connectivity index (χ2v) is 7.84. The van der Waals surface area contributed by atoms with Gasteiger partial charge in [0.1, 0.15) is 0 Å². The lowest BCUT2D eigenvalue weighted by atomic mass is 10.2. The number of nitrogens with zero attached hydrogens (tertiary/aromatic N) is 1. The molecular formula is C18H18F3NO3S. The van der Waals surface area contributed by atoms with Gasteiger partial charge in [-0.05, 0) is 43.7 Å². The molecule has 1 heterocycles. The third-order valence-corrected chi connectivity index (χ3v) is 5.63. The van der Waals surface area contributed by atoms with E-state index >= 15 is 0 Å². The summed E-state index contributed by atoms with van der Waals surface area (Å²) in [5.74, 6) is 0. The van der Waals surface area contributed by atoms with Gasteiger partial charge in [-0.1, -0.05) is 23.8 Å². The minimum atomic E-state index is -4.42. The van der Waals surface area contributed by atoms with Crippen molar-refractivity contribution >= 4 is 15.8 Å². The van der Waals surface area contributed by atoms with Gasteiger partial charge in [0.15, 0.2) is 0 Å². The van der Waals surface area contributed by atoms with Gasteiger partial charge in [0, 0.05) is 18.8 Å². The highest BCUT2D eigenvalue weighted by molar-refractivity contribution is 7.86. The first-order valence-electron chi connectivity index (χ1n) is 8.07. The number of halogens is 3. The molecule has 0 aromatic heterocycles. The molecule has 0 radical (unpaired) electrons. The molecule has 0 aliphatic carbocycles. The third kappa shape index (κ3) is 4.19. The minimum Gasteiger partial charge on any atom is -0.369 e. The fourth-order valence-corrected chi connectivity index (χ4v) is 3.96. The lowest BCUT2D eigenvalue weighted by Crippen LogP contribution is -2.25. The van der Waals surface area contributed by atoms with Crippen LogP contribution in [0.1, 0.15) is 17.5 Å². The van der Waals surface area contributed by atoms with Crippen molar-refractivity contribution in [3.63, 3.8) is 0 Å². The van der Waals surface area contributed by atoms with Crippen LogP contribution in [-0.4, -0.2) is 27.6 Å². The molecule has 0 amide bonds. The van der Waals surface area contributed by atoms with E-state index in [4.69, 9.17) is 4.18 Å². The summed E-state index contributed by atoms with van der Waals surface area (Å²) in [6, 6.07) is 11.3. The smallest absolute Gasteiger partial charge is 0.369 e. The summed E-state index contributed by atoms with van der Waals surface area (Å²) in [5, 5.41) is 0. The van der Waals surface area contributed by atoms with E-state index in [9.17, 15) is 21.6 Å². The Kier molecular flexibility index (Phi) is 4.98. The van der Waals surface area contributed by atoms with E-state index in [1.54, 1.807) is 23.1 Å². The summed E-state index contributed by atoms with van der Waals surface area (Å²) >= 11 is 0. The predicted molar refractivity (Wildman–Crippen MR) is 91.5 cm³/mol. The first-order chi connectivity index (χ1) is 12.1. The van der Waals surface area contributed by atoms with Gasteiger partial charge in [-0.3, -0.25) is 4.18 Å². The molecule has 0 N–H and O–H groups in total. The lowest BCUT2D eigenvalue weighted by Gasteiger charge is -2.20. The molecule has 1 fully saturated rings. The molecule has 8 heteroatoms. The molecule has 26 heavy (non-hydrogen) atoms. The highest BCUT2D eigenvalue weighted by atomic mass is 32.2. The number of hydrogen-bond donors (Lipinski definition) is 0. The van der Waals surface area contributed by atoms with Crippen LogP contribution in [0.25, 0.3) is 0 Å². The Bertz CT molecular complexity index is 879. The normalized spacial score (nSPS) is 18.3. The zero-order chi connectivity index (χ0) is 18.9. The minimum absolute atomic E-state index is 0.0700. The highest BCUT2D eigenvalue weighted by Gasteiger charge is 2.33. The van der Waals surface area contributed by atoms with Crippen molar-refractivity contribution in [3.05, 3.63) is 59.7 Å². The molecule has 2 aromatic rings. The Morgan fingerprint density at radius 3 is 2.46 bits per heavy atom. The molecule has 3 rings (SSSR count). The van der Waals surface area contributed by atoms with E-state index in [0.717, 1.165) is 17.7 Å². The van der Waals surface area contributed by atoms with Crippen LogP contribution in [0.15, 0.2) is 53.4 Å². The van der Waals surface area contributed by atoms with E-state index in [-0.39, 0.29) is 11.4 Å². The van der Waals surface area contributed by atoms with Gasteiger partial charge in [0.2, 0.25) is 0 Å². The molecular weight excluding hydrogens is 367 g/mol. The maximum atomic E-state index is 12.8. The molecule has 0 bridgehead atoms. The summed E-state index contributed by atoms with van der Waals surface area (Å²) in [5.41, 5.74) is 0.603. The number of hydrogen-bond acceptors (Lipinski definition) is 4. The predicted octanol–water partition coefficient (Wildman–Crippen LogP) is 4.00. The Labute approximate surface area is 150 Å². The molecule has 1 aliphatic heterocycles. The van der Waals surface area contributed by atoms with Crippen molar-refractivity contribution in [3.8, 4) is 0 Å². The quantitative estimate of drug-likeness (QED) is 0.747. The van der Waals surface area contributed by atoms with E-state index in [1.165, 1.54) is 18.2 Å². The molecule has 0 saturated carbocycles. The largest absolute Gasteiger partial charge is 0.416 e. The average molecular weight is 385 g/mol. The van der Waals surface area contributed by atoms with Crippen LogP contribution in [0.2, 0.25) is 0 Å². The van der Waals surface area contributed by atoms with Crippen LogP contribution in [0, 0.1) is 6.92 Å². The SMILES string of the molecule is Cc1ccc(S(=O)(=O)OC2CCN(c3cccc(C(F)(F)F)c3)C2)cc1. The number of anilines is 1. The molecule has 4 nitrogen and oxygen atoms in total. The van der Waals surface area contributed by atoms with Crippen LogP contribution in [0.5, 0.6) is 0 Å². The van der Waals surface area contributed by atoms with Crippen molar-refractivity contribution in [2.45, 2.75) is 30.5 Å². The summed E-state index contributed by atoms with van der Waals surface area (Å²) < 4.78 is 68.5. The van der Waals surface area contributed by atoms with Gasteiger partial charge < -0.3 is 4.90 Å². The fourth-order valence-electron chi connectivity index (χ4n) is 2.86. The number of aryl methyl sites for hydroxylation is 1. The van der Waals surface area contributed by atoms with Crippen LogP contribution in [0.3, 0.4) is 0 Å². The van der Waals surface area contributed by atoms with E-state index in [0.29, 0.717) is 18.7 Å². The van der Waals surface area contributed by atoms with Gasteiger partial charge >= 0.3 is 6.18 Å². The van der Waals surface area contributed by atoms with Crippen molar-refractivity contribution in [1.82, 2.24) is 0 Å². The van der Waals surface area contributed by atoms with Gasteiger partial charge in [-0.25, -0.2) is 0 Å². The Hall–Kier alpha value is -2.06. The van der Waals surface area contributed by atoms with Gasteiger partial charge in [0.25, 0.3) is 10.1 Å². The Balaban J connectivity index is 1.70. The molecule has 0 spiro atoms. The van der Waals surface area contributed by atoms with Gasteiger partial charge in [-0.15, -0.1) is 0 Å². The molecule has 1 unspecified atom stereocenters. The van der Waals surface area contributed by atoms with E-state index < -0.39 is 28.0 Å². The van der Waals surface area contributed by atoms with Crippen LogP contribution < -0.4 is 4.90 Å². The highest BCUT2D eigenvalue weighted by Crippen LogP contribution is 2.33. The molecule has 1 aliphatic rings. The van der Waals surface area contributed by atoms with Gasteiger partial charge in [-0.2, -0.15) is 21.6 Å². The maximum Gasteiger partial charge on any atom is 0.416 e. The van der Waals surface area contributed by atoms with Crippen molar-refractivity contribution in [2.75, 3.05) is 18.0 Å². The third-order valence-electron chi connectivity index (χ3n) is 4.26. The zero-order valence-electron chi connectivity index (χ0n) is 14.0. The molecule has 1 saturated heterocycles. The molecule has 2 aromatic carbocycles. The summed E-state index contributed by atoms with van der Waals surface area (Å²) in [6.07, 6.45) is -4.60. The first-order valence-corrected chi connectivity index (χ1v) is 9.48.